The fraction of sp³-hybridized carbons (Fsp3) is 0.286. The van der Waals surface area contributed by atoms with Gasteiger partial charge in [0.25, 0.3) is 5.91 Å². The maximum absolute atomic E-state index is 13.4. The highest BCUT2D eigenvalue weighted by Gasteiger charge is 2.29. The molecule has 2 atom stereocenters. The average molecular weight is 400 g/mol. The van der Waals surface area contributed by atoms with E-state index in [9.17, 15) is 13.6 Å². The summed E-state index contributed by atoms with van der Waals surface area (Å²) in [6.07, 6.45) is 0.236. The number of carbonyl (C=O) groups is 1. The first-order chi connectivity index (χ1) is 14.0. The second-order valence-corrected chi connectivity index (χ2v) is 6.94. The number of benzene rings is 2. The predicted molar refractivity (Wildman–Crippen MR) is 105 cm³/mol. The van der Waals surface area contributed by atoms with Gasteiger partial charge in [0.05, 0.1) is 24.8 Å². The molecule has 1 aliphatic heterocycles. The van der Waals surface area contributed by atoms with Crippen molar-refractivity contribution in [3.05, 3.63) is 65.4 Å². The number of amides is 1. The van der Waals surface area contributed by atoms with E-state index in [1.54, 1.807) is 7.11 Å². The molecule has 1 fully saturated rings. The Kier molecular flexibility index (Phi) is 5.21. The lowest BCUT2D eigenvalue weighted by atomic mass is 10.1. The molecule has 1 amide bonds. The highest BCUT2D eigenvalue weighted by molar-refractivity contribution is 5.94. The van der Waals surface area contributed by atoms with Gasteiger partial charge in [-0.3, -0.25) is 4.79 Å². The van der Waals surface area contributed by atoms with E-state index >= 15 is 0 Å². The molecule has 1 aliphatic rings. The van der Waals surface area contributed by atoms with Crippen molar-refractivity contribution in [2.75, 3.05) is 7.11 Å². The van der Waals surface area contributed by atoms with E-state index in [2.05, 4.69) is 39.8 Å². The van der Waals surface area contributed by atoms with Crippen LogP contribution in [0.15, 0.2) is 42.5 Å². The minimum absolute atomic E-state index is 0.0395. The van der Waals surface area contributed by atoms with Gasteiger partial charge in [-0.25, -0.2) is 19.6 Å². The van der Waals surface area contributed by atoms with Crippen LogP contribution >= 0.6 is 0 Å². The van der Waals surface area contributed by atoms with Crippen LogP contribution < -0.4 is 20.9 Å². The topological polar surface area (TPSA) is 67.3 Å². The number of hydrazine groups is 1. The molecule has 2 aromatic carbocycles. The summed E-state index contributed by atoms with van der Waals surface area (Å²) in [4.78, 5) is 12.4. The lowest BCUT2D eigenvalue weighted by Gasteiger charge is -2.14. The molecular weight excluding hydrogens is 378 g/mol. The van der Waals surface area contributed by atoms with Crippen molar-refractivity contribution >= 4 is 16.8 Å². The standard InChI is InChI=1S/C21H22F2N4O2/c1-3-27-17-5-4-6-19(29-2)13(17)10-18(27)16-11-20(26-25-16)24-21(28)12-7-8-14(22)15(23)9-12/h4-10,16,20,25-26H,3,11H2,1-2H3,(H,24,28). The Labute approximate surface area is 166 Å². The molecule has 6 nitrogen and oxygen atoms in total. The molecule has 29 heavy (non-hydrogen) atoms. The van der Waals surface area contributed by atoms with Gasteiger partial charge in [0.15, 0.2) is 11.6 Å². The number of methoxy groups -OCH3 is 1. The Morgan fingerprint density at radius 1 is 1.21 bits per heavy atom. The first kappa shape index (κ1) is 19.4. The Morgan fingerprint density at radius 3 is 2.76 bits per heavy atom. The summed E-state index contributed by atoms with van der Waals surface area (Å²) in [5.41, 5.74) is 8.50. The summed E-state index contributed by atoms with van der Waals surface area (Å²) < 4.78 is 34.2. The minimum Gasteiger partial charge on any atom is -0.496 e. The Balaban J connectivity index is 1.52. The van der Waals surface area contributed by atoms with Gasteiger partial charge in [-0.2, -0.15) is 0 Å². The normalized spacial score (nSPS) is 18.9. The molecule has 0 aliphatic carbocycles. The zero-order valence-electron chi connectivity index (χ0n) is 16.1. The van der Waals surface area contributed by atoms with E-state index in [4.69, 9.17) is 4.74 Å². The molecule has 0 bridgehead atoms. The summed E-state index contributed by atoms with van der Waals surface area (Å²) in [5, 5.41) is 3.83. The first-order valence-electron chi connectivity index (χ1n) is 9.45. The lowest BCUT2D eigenvalue weighted by molar-refractivity contribution is 0.0931. The van der Waals surface area contributed by atoms with E-state index in [-0.39, 0.29) is 17.8 Å². The smallest absolute Gasteiger partial charge is 0.252 e. The quantitative estimate of drug-likeness (QED) is 0.615. The van der Waals surface area contributed by atoms with E-state index < -0.39 is 17.5 Å². The summed E-state index contributed by atoms with van der Waals surface area (Å²) in [6.45, 7) is 2.86. The fourth-order valence-corrected chi connectivity index (χ4v) is 3.82. The maximum atomic E-state index is 13.4. The number of hydrogen-bond acceptors (Lipinski definition) is 4. The van der Waals surface area contributed by atoms with Gasteiger partial charge in [0, 0.05) is 29.6 Å². The summed E-state index contributed by atoms with van der Waals surface area (Å²) >= 11 is 0. The highest BCUT2D eigenvalue weighted by Crippen LogP contribution is 2.33. The van der Waals surface area contributed by atoms with Gasteiger partial charge >= 0.3 is 0 Å². The van der Waals surface area contributed by atoms with Gasteiger partial charge < -0.3 is 14.6 Å². The molecular formula is C21H22F2N4O2. The largest absolute Gasteiger partial charge is 0.496 e. The number of fused-ring (bicyclic) bond motifs is 1. The zero-order chi connectivity index (χ0) is 20.5. The maximum Gasteiger partial charge on any atom is 0.252 e. The molecule has 0 spiro atoms. The Bertz CT molecular complexity index is 1070. The van der Waals surface area contributed by atoms with Crippen molar-refractivity contribution in [2.24, 2.45) is 0 Å². The van der Waals surface area contributed by atoms with Crippen LogP contribution in [0.4, 0.5) is 8.78 Å². The van der Waals surface area contributed by atoms with Crippen molar-refractivity contribution in [2.45, 2.75) is 32.1 Å². The van der Waals surface area contributed by atoms with Crippen molar-refractivity contribution in [3.63, 3.8) is 0 Å². The highest BCUT2D eigenvalue weighted by atomic mass is 19.2. The summed E-state index contributed by atoms with van der Waals surface area (Å²) in [6, 6.07) is 11.1. The summed E-state index contributed by atoms with van der Waals surface area (Å²) in [7, 11) is 1.65. The average Bonchev–Trinajstić information content (AvgIpc) is 3.33. The van der Waals surface area contributed by atoms with Crippen LogP contribution in [0.5, 0.6) is 5.75 Å². The molecule has 4 rings (SSSR count). The number of nitrogens with zero attached hydrogens (tertiary/aromatic N) is 1. The summed E-state index contributed by atoms with van der Waals surface area (Å²) in [5.74, 6) is -1.69. The number of rotatable bonds is 5. The Hall–Kier alpha value is -2.97. The molecule has 1 aromatic heterocycles. The monoisotopic (exact) mass is 400 g/mol. The number of carbonyl (C=O) groups excluding carboxylic acids is 1. The van der Waals surface area contributed by atoms with E-state index in [0.717, 1.165) is 41.0 Å². The van der Waals surface area contributed by atoms with Crippen LogP contribution in [0.25, 0.3) is 10.9 Å². The van der Waals surface area contributed by atoms with Gasteiger partial charge in [-0.1, -0.05) is 6.07 Å². The number of aromatic nitrogens is 1. The second-order valence-electron chi connectivity index (χ2n) is 6.94. The van der Waals surface area contributed by atoms with Gasteiger partial charge in [0.1, 0.15) is 5.75 Å². The molecule has 1 saturated heterocycles. The van der Waals surface area contributed by atoms with Crippen molar-refractivity contribution in [1.82, 2.24) is 20.7 Å². The van der Waals surface area contributed by atoms with Gasteiger partial charge in [-0.05, 0) is 43.3 Å². The molecule has 8 heteroatoms. The van der Waals surface area contributed by atoms with Gasteiger partial charge in [-0.15, -0.1) is 0 Å². The molecule has 0 radical (unpaired) electrons. The van der Waals surface area contributed by atoms with Crippen LogP contribution in [-0.2, 0) is 6.54 Å². The van der Waals surface area contributed by atoms with Crippen molar-refractivity contribution in [3.8, 4) is 5.75 Å². The number of ether oxygens (including phenoxy) is 1. The minimum atomic E-state index is -1.05. The molecule has 3 N–H and O–H groups in total. The molecule has 3 aromatic rings. The van der Waals surface area contributed by atoms with Crippen LogP contribution in [0.1, 0.15) is 35.4 Å². The van der Waals surface area contributed by atoms with E-state index in [1.807, 2.05) is 12.1 Å². The fourth-order valence-electron chi connectivity index (χ4n) is 3.82. The molecule has 152 valence electrons. The van der Waals surface area contributed by atoms with Crippen molar-refractivity contribution in [1.29, 1.82) is 0 Å². The number of nitrogens with one attached hydrogen (secondary N) is 3. The molecule has 2 heterocycles. The van der Waals surface area contributed by atoms with Crippen LogP contribution in [0, 0.1) is 11.6 Å². The van der Waals surface area contributed by atoms with Crippen LogP contribution in [0.3, 0.4) is 0 Å². The predicted octanol–water partition coefficient (Wildman–Crippen LogP) is 3.24. The lowest BCUT2D eigenvalue weighted by Crippen LogP contribution is -2.44. The first-order valence-corrected chi connectivity index (χ1v) is 9.45. The third kappa shape index (κ3) is 3.56. The number of halogens is 2. The van der Waals surface area contributed by atoms with E-state index in [1.165, 1.54) is 6.07 Å². The van der Waals surface area contributed by atoms with Crippen LogP contribution in [0.2, 0.25) is 0 Å². The van der Waals surface area contributed by atoms with Gasteiger partial charge in [0.2, 0.25) is 0 Å². The second kappa shape index (κ2) is 7.81. The third-order valence-electron chi connectivity index (χ3n) is 5.22. The zero-order valence-corrected chi connectivity index (χ0v) is 16.1. The van der Waals surface area contributed by atoms with Crippen LogP contribution in [-0.4, -0.2) is 23.7 Å². The molecule has 0 saturated carbocycles. The third-order valence-corrected chi connectivity index (χ3v) is 5.22. The number of aryl methyl sites for hydroxylation is 1. The SMILES string of the molecule is CCn1c(C2CC(NC(=O)c3ccc(F)c(F)c3)NN2)cc2c(OC)cccc21. The number of hydrogen-bond donors (Lipinski definition) is 3. The van der Waals surface area contributed by atoms with E-state index in [0.29, 0.717) is 6.42 Å². The Morgan fingerprint density at radius 2 is 2.03 bits per heavy atom. The van der Waals surface area contributed by atoms with Crippen molar-refractivity contribution < 1.29 is 18.3 Å². The molecule has 2 unspecified atom stereocenters.